The Labute approximate surface area is 120 Å². The van der Waals surface area contributed by atoms with Crippen LogP contribution in [0.2, 0.25) is 0 Å². The van der Waals surface area contributed by atoms with Gasteiger partial charge in [-0.15, -0.1) is 0 Å². The first-order valence-corrected chi connectivity index (χ1v) is 5.56. The van der Waals surface area contributed by atoms with Crippen molar-refractivity contribution in [3.05, 3.63) is 6.92 Å². The molecule has 0 amide bonds. The molecule has 0 nitrogen and oxygen atoms in total. The summed E-state index contributed by atoms with van der Waals surface area (Å²) in [6, 6.07) is 0. The molecule has 0 bridgehead atoms. The minimum atomic E-state index is -7.82. The van der Waals surface area contributed by atoms with E-state index in [1.54, 1.807) is 0 Å². The van der Waals surface area contributed by atoms with Gasteiger partial charge in [-0.2, -0.15) is 57.1 Å². The molecule has 0 fully saturated rings. The van der Waals surface area contributed by atoms with Crippen molar-refractivity contribution >= 4 is 0 Å². The summed E-state index contributed by atoms with van der Waals surface area (Å²) in [7, 11) is 0. The molecular weight excluding hydrogens is 367 g/mol. The zero-order valence-corrected chi connectivity index (χ0v) is 10.7. The van der Waals surface area contributed by atoms with Gasteiger partial charge in [0.2, 0.25) is 0 Å². The predicted octanol–water partition coefficient (Wildman–Crippen LogP) is 5.73. The van der Waals surface area contributed by atoms with Gasteiger partial charge in [-0.25, -0.2) is 0 Å². The number of hydrogen-bond donors (Lipinski definition) is 0. The van der Waals surface area contributed by atoms with Crippen LogP contribution in [0.25, 0.3) is 0 Å². The Morgan fingerprint density at radius 2 is 0.870 bits per heavy atom. The SMILES string of the molecule is [CH2]CCCC(F)(F)C(F)(F)C(F)(F)C(F)(F)C(F)(F)C(F)(F)F. The van der Waals surface area contributed by atoms with Crippen molar-refractivity contribution in [1.82, 2.24) is 0 Å². The van der Waals surface area contributed by atoms with E-state index in [1.165, 1.54) is 0 Å². The summed E-state index contributed by atoms with van der Waals surface area (Å²) in [6.45, 7) is 2.87. The molecular formula is C10H8F13. The van der Waals surface area contributed by atoms with E-state index in [4.69, 9.17) is 0 Å². The van der Waals surface area contributed by atoms with Gasteiger partial charge in [0.15, 0.2) is 0 Å². The van der Waals surface area contributed by atoms with Crippen molar-refractivity contribution in [2.24, 2.45) is 0 Å². The highest BCUT2D eigenvalue weighted by atomic mass is 19.4. The Hall–Kier alpha value is -0.910. The largest absolute Gasteiger partial charge is 0.460 e. The van der Waals surface area contributed by atoms with Gasteiger partial charge < -0.3 is 0 Å². The van der Waals surface area contributed by atoms with E-state index < -0.39 is 55.1 Å². The van der Waals surface area contributed by atoms with Crippen LogP contribution >= 0.6 is 0 Å². The van der Waals surface area contributed by atoms with E-state index in [0.29, 0.717) is 0 Å². The van der Waals surface area contributed by atoms with E-state index >= 15 is 0 Å². The van der Waals surface area contributed by atoms with Gasteiger partial charge >= 0.3 is 35.8 Å². The molecule has 0 aliphatic carbocycles. The molecule has 0 saturated carbocycles. The van der Waals surface area contributed by atoms with E-state index in [9.17, 15) is 57.1 Å². The Morgan fingerprint density at radius 3 is 1.17 bits per heavy atom. The lowest BCUT2D eigenvalue weighted by molar-refractivity contribution is -0.440. The molecule has 0 aliphatic rings. The fourth-order valence-electron chi connectivity index (χ4n) is 1.31. The summed E-state index contributed by atoms with van der Waals surface area (Å²) < 4.78 is 164. The van der Waals surface area contributed by atoms with Crippen LogP contribution in [0, 0.1) is 6.92 Å². The second-order valence-electron chi connectivity index (χ2n) is 4.46. The number of rotatable bonds is 7. The third-order valence-corrected chi connectivity index (χ3v) is 2.74. The lowest BCUT2D eigenvalue weighted by Gasteiger charge is -2.39. The topological polar surface area (TPSA) is 0 Å². The summed E-state index contributed by atoms with van der Waals surface area (Å²) >= 11 is 0. The van der Waals surface area contributed by atoms with E-state index in [0.717, 1.165) is 0 Å². The van der Waals surface area contributed by atoms with Crippen LogP contribution in [0.3, 0.4) is 0 Å². The average Bonchev–Trinajstić information content (AvgIpc) is 2.34. The first kappa shape index (κ1) is 22.1. The molecule has 23 heavy (non-hydrogen) atoms. The van der Waals surface area contributed by atoms with Gasteiger partial charge in [0, 0.05) is 6.42 Å². The number of unbranched alkanes of at least 4 members (excludes halogenated alkanes) is 1. The normalized spacial score (nSPS) is 15.9. The Kier molecular flexibility index (Phi) is 5.63. The maximum atomic E-state index is 13.0. The van der Waals surface area contributed by atoms with Crippen LogP contribution in [0.15, 0.2) is 0 Å². The minimum Gasteiger partial charge on any atom is -0.200 e. The number of alkyl halides is 13. The third-order valence-electron chi connectivity index (χ3n) is 2.74. The highest BCUT2D eigenvalue weighted by molar-refractivity contribution is 5.10. The van der Waals surface area contributed by atoms with E-state index in [2.05, 4.69) is 6.92 Å². The molecule has 1 radical (unpaired) electrons. The first-order chi connectivity index (χ1) is 9.81. The smallest absolute Gasteiger partial charge is 0.200 e. The monoisotopic (exact) mass is 375 g/mol. The maximum absolute atomic E-state index is 13.0. The molecule has 139 valence electrons. The van der Waals surface area contributed by atoms with Crippen molar-refractivity contribution < 1.29 is 57.1 Å². The van der Waals surface area contributed by atoms with Crippen LogP contribution in [-0.2, 0) is 0 Å². The Morgan fingerprint density at radius 1 is 0.522 bits per heavy atom. The Bertz CT molecular complexity index is 405. The average molecular weight is 375 g/mol. The molecule has 0 N–H and O–H groups in total. The van der Waals surface area contributed by atoms with Crippen molar-refractivity contribution in [3.8, 4) is 0 Å². The Balaban J connectivity index is 6.03. The maximum Gasteiger partial charge on any atom is 0.460 e. The van der Waals surface area contributed by atoms with Crippen molar-refractivity contribution in [1.29, 1.82) is 0 Å². The van der Waals surface area contributed by atoms with Crippen LogP contribution in [-0.4, -0.2) is 35.8 Å². The molecule has 0 aromatic rings. The summed E-state index contributed by atoms with van der Waals surface area (Å²) in [4.78, 5) is 0. The second kappa shape index (κ2) is 5.87. The van der Waals surface area contributed by atoms with Gasteiger partial charge in [0.25, 0.3) is 0 Å². The number of halogens is 13. The zero-order valence-electron chi connectivity index (χ0n) is 10.7. The second-order valence-corrected chi connectivity index (χ2v) is 4.46. The molecule has 0 aromatic carbocycles. The molecule has 0 spiro atoms. The summed E-state index contributed by atoms with van der Waals surface area (Å²) in [5.74, 6) is -36.3. The van der Waals surface area contributed by atoms with Crippen molar-refractivity contribution in [2.45, 2.75) is 55.1 Å². The van der Waals surface area contributed by atoms with Crippen LogP contribution < -0.4 is 0 Å². The van der Waals surface area contributed by atoms with Crippen LogP contribution in [0.1, 0.15) is 19.3 Å². The van der Waals surface area contributed by atoms with Crippen molar-refractivity contribution in [2.75, 3.05) is 0 Å². The van der Waals surface area contributed by atoms with Crippen LogP contribution in [0.4, 0.5) is 57.1 Å². The van der Waals surface area contributed by atoms with Crippen molar-refractivity contribution in [3.63, 3.8) is 0 Å². The summed E-state index contributed by atoms with van der Waals surface area (Å²) in [5.41, 5.74) is 0. The fourth-order valence-corrected chi connectivity index (χ4v) is 1.31. The number of hydrogen-bond acceptors (Lipinski definition) is 0. The highest BCUT2D eigenvalue weighted by Crippen LogP contribution is 2.60. The zero-order chi connectivity index (χ0) is 19.1. The van der Waals surface area contributed by atoms with Gasteiger partial charge in [0.05, 0.1) is 0 Å². The molecule has 0 rings (SSSR count). The lowest BCUT2D eigenvalue weighted by Crippen LogP contribution is -2.70. The van der Waals surface area contributed by atoms with Gasteiger partial charge in [-0.3, -0.25) is 0 Å². The molecule has 0 aliphatic heterocycles. The predicted molar refractivity (Wildman–Crippen MR) is 50.0 cm³/mol. The standard InChI is InChI=1S/C10H8F13/c1-2-3-4-5(11,12)6(13,14)7(15,16)8(17,18)9(19,20)10(21,22)23/h1-4H2. The van der Waals surface area contributed by atoms with Gasteiger partial charge in [-0.05, 0) is 6.42 Å². The summed E-state index contributed by atoms with van der Waals surface area (Å²) in [5, 5.41) is 0. The highest BCUT2D eigenvalue weighted by Gasteiger charge is 2.90. The quantitative estimate of drug-likeness (QED) is 0.499. The molecule has 0 saturated heterocycles. The van der Waals surface area contributed by atoms with Gasteiger partial charge in [0.1, 0.15) is 0 Å². The third kappa shape index (κ3) is 3.19. The molecule has 0 atom stereocenters. The van der Waals surface area contributed by atoms with Gasteiger partial charge in [-0.1, -0.05) is 13.3 Å². The summed E-state index contributed by atoms with van der Waals surface area (Å²) in [6.07, 6.45) is -11.1. The van der Waals surface area contributed by atoms with E-state index in [1.807, 2.05) is 0 Å². The van der Waals surface area contributed by atoms with E-state index in [-0.39, 0.29) is 0 Å². The molecule has 0 aromatic heterocycles. The molecule has 0 heterocycles. The fraction of sp³-hybridized carbons (Fsp3) is 0.900. The lowest BCUT2D eigenvalue weighted by atomic mass is 9.92. The molecule has 0 unspecified atom stereocenters. The van der Waals surface area contributed by atoms with Crippen LogP contribution in [0.5, 0.6) is 0 Å². The minimum absolute atomic E-state index is 0.535. The first-order valence-electron chi connectivity index (χ1n) is 5.56. The molecule has 13 heteroatoms.